The van der Waals surface area contributed by atoms with E-state index in [9.17, 15) is 19.2 Å². The summed E-state index contributed by atoms with van der Waals surface area (Å²) in [5.74, 6) is -0.706. The lowest BCUT2D eigenvalue weighted by molar-refractivity contribution is -0.138. The van der Waals surface area contributed by atoms with Crippen LogP contribution in [0.3, 0.4) is 0 Å². The van der Waals surface area contributed by atoms with Crippen LogP contribution < -0.4 is 17.1 Å². The molecule has 1 aromatic rings. The lowest BCUT2D eigenvalue weighted by Crippen LogP contribution is -2.55. The topological polar surface area (TPSA) is 129 Å². The van der Waals surface area contributed by atoms with Gasteiger partial charge in [0, 0.05) is 6.08 Å². The van der Waals surface area contributed by atoms with Gasteiger partial charge in [0.05, 0.1) is 45.4 Å². The van der Waals surface area contributed by atoms with Crippen molar-refractivity contribution in [3.8, 4) is 0 Å². The number of rotatable bonds is 16. The molecule has 0 fully saturated rings. The van der Waals surface area contributed by atoms with Crippen molar-refractivity contribution >= 4 is 5.97 Å². The average molecular weight is 427 g/mol. The molecule has 0 aromatic carbocycles. The molecule has 0 saturated carbocycles. The first-order valence-corrected chi connectivity index (χ1v) is 8.82. The lowest BCUT2D eigenvalue weighted by Gasteiger charge is -2.14. The van der Waals surface area contributed by atoms with Crippen molar-refractivity contribution in [1.29, 1.82) is 0 Å². The smallest absolute Gasteiger partial charge is 0.336 e. The third kappa shape index (κ3) is 7.56. The number of hydrogen-bond acceptors (Lipinski definition) is 9. The van der Waals surface area contributed by atoms with Crippen molar-refractivity contribution in [3.05, 3.63) is 69.8 Å². The summed E-state index contributed by atoms with van der Waals surface area (Å²) in [6, 6.07) is 0. The fraction of sp³-hybridized carbons (Fsp3) is 0.444. The Labute approximate surface area is 171 Å². The van der Waals surface area contributed by atoms with Crippen LogP contribution in [0, 0.1) is 0 Å². The summed E-state index contributed by atoms with van der Waals surface area (Å²) < 4.78 is 27.1. The highest BCUT2D eigenvalue weighted by Gasteiger charge is 2.15. The zero-order chi connectivity index (χ0) is 22.4. The molecule has 0 radical (unpaired) electrons. The van der Waals surface area contributed by atoms with E-state index in [1.807, 2.05) is 0 Å². The maximum absolute atomic E-state index is 12.6. The van der Waals surface area contributed by atoms with E-state index in [0.717, 1.165) is 19.8 Å². The quantitative estimate of drug-likeness (QED) is 0.109. The Bertz CT molecular complexity index is 841. The Morgan fingerprint density at radius 2 is 1.13 bits per heavy atom. The van der Waals surface area contributed by atoms with Crippen molar-refractivity contribution in [3.63, 3.8) is 0 Å². The molecule has 0 bridgehead atoms. The molecule has 166 valence electrons. The van der Waals surface area contributed by atoms with Crippen molar-refractivity contribution in [2.24, 2.45) is 0 Å². The summed E-state index contributed by atoms with van der Waals surface area (Å²) in [5, 5.41) is 0. The van der Waals surface area contributed by atoms with Gasteiger partial charge >= 0.3 is 23.0 Å². The molecule has 0 aliphatic heterocycles. The molecule has 12 heteroatoms. The molecular weight excluding hydrogens is 402 g/mol. The Balaban J connectivity index is 3.09. The van der Waals surface area contributed by atoms with Gasteiger partial charge < -0.3 is 23.7 Å². The van der Waals surface area contributed by atoms with Gasteiger partial charge in [-0.15, -0.1) is 0 Å². The first-order valence-electron chi connectivity index (χ1n) is 8.82. The van der Waals surface area contributed by atoms with Gasteiger partial charge in [-0.05, 0) is 0 Å². The van der Waals surface area contributed by atoms with Crippen molar-refractivity contribution in [2.75, 3.05) is 33.4 Å². The summed E-state index contributed by atoms with van der Waals surface area (Å²) in [6.07, 6.45) is 3.31. The van der Waals surface area contributed by atoms with Crippen LogP contribution in [0.25, 0.3) is 0 Å². The van der Waals surface area contributed by atoms with Crippen LogP contribution in [0.5, 0.6) is 0 Å². The van der Waals surface area contributed by atoms with Crippen LogP contribution in [0.1, 0.15) is 0 Å². The van der Waals surface area contributed by atoms with Crippen molar-refractivity contribution in [1.82, 2.24) is 13.7 Å². The van der Waals surface area contributed by atoms with E-state index in [0.29, 0.717) is 0 Å². The van der Waals surface area contributed by atoms with Gasteiger partial charge in [-0.2, -0.15) is 0 Å². The SMILES string of the molecule is C=COCOCCn1c(=O)n(CCOCOC=C)c(=O)n(CCOC(=O)C=C)c1=O. The molecule has 0 aliphatic carbocycles. The summed E-state index contributed by atoms with van der Waals surface area (Å²) in [6.45, 7) is 8.90. The van der Waals surface area contributed by atoms with E-state index in [1.54, 1.807) is 0 Å². The molecular formula is C18H25N3O9. The minimum atomic E-state index is -0.861. The van der Waals surface area contributed by atoms with Crippen LogP contribution in [0.4, 0.5) is 0 Å². The normalized spacial score (nSPS) is 10.3. The molecule has 30 heavy (non-hydrogen) atoms. The third-order valence-electron chi connectivity index (χ3n) is 3.57. The van der Waals surface area contributed by atoms with Crippen LogP contribution >= 0.6 is 0 Å². The molecule has 0 atom stereocenters. The van der Waals surface area contributed by atoms with Crippen molar-refractivity contribution in [2.45, 2.75) is 19.6 Å². The largest absolute Gasteiger partial charge is 0.476 e. The zero-order valence-corrected chi connectivity index (χ0v) is 16.5. The fourth-order valence-corrected chi connectivity index (χ4v) is 2.17. The third-order valence-corrected chi connectivity index (χ3v) is 3.57. The number of nitrogens with zero attached hydrogens (tertiary/aromatic N) is 3. The highest BCUT2D eigenvalue weighted by atomic mass is 16.7. The summed E-state index contributed by atoms with van der Waals surface area (Å²) in [5.41, 5.74) is -2.55. The molecule has 0 N–H and O–H groups in total. The number of ether oxygens (including phenoxy) is 5. The summed E-state index contributed by atoms with van der Waals surface area (Å²) >= 11 is 0. The van der Waals surface area contributed by atoms with E-state index < -0.39 is 23.0 Å². The maximum Gasteiger partial charge on any atom is 0.336 e. The van der Waals surface area contributed by atoms with E-state index in [2.05, 4.69) is 19.7 Å². The van der Waals surface area contributed by atoms with Gasteiger partial charge in [0.25, 0.3) is 0 Å². The molecule has 1 aromatic heterocycles. The second-order valence-corrected chi connectivity index (χ2v) is 5.39. The van der Waals surface area contributed by atoms with Crippen LogP contribution in [-0.2, 0) is 48.1 Å². The molecule has 0 amide bonds. The van der Waals surface area contributed by atoms with Crippen LogP contribution in [0.2, 0.25) is 0 Å². The Kier molecular flexibility index (Phi) is 11.3. The highest BCUT2D eigenvalue weighted by Crippen LogP contribution is 1.86. The van der Waals surface area contributed by atoms with E-state index in [4.69, 9.17) is 23.7 Å². The predicted octanol–water partition coefficient (Wildman–Crippen LogP) is -0.831. The van der Waals surface area contributed by atoms with E-state index in [1.165, 1.54) is 12.5 Å². The number of esters is 1. The van der Waals surface area contributed by atoms with Gasteiger partial charge in [0.1, 0.15) is 6.61 Å². The molecule has 0 unspecified atom stereocenters. The lowest BCUT2D eigenvalue weighted by atomic mass is 10.5. The molecule has 12 nitrogen and oxygen atoms in total. The predicted molar refractivity (Wildman–Crippen MR) is 105 cm³/mol. The van der Waals surface area contributed by atoms with Crippen LogP contribution in [-0.4, -0.2) is 53.1 Å². The van der Waals surface area contributed by atoms with Gasteiger partial charge in [0.2, 0.25) is 0 Å². The number of hydrogen-bond donors (Lipinski definition) is 0. The fourth-order valence-electron chi connectivity index (χ4n) is 2.17. The highest BCUT2D eigenvalue weighted by molar-refractivity contribution is 5.81. The average Bonchev–Trinajstić information content (AvgIpc) is 2.74. The molecule has 0 saturated heterocycles. The Morgan fingerprint density at radius 3 is 1.50 bits per heavy atom. The summed E-state index contributed by atoms with van der Waals surface area (Å²) in [7, 11) is 0. The maximum atomic E-state index is 12.6. The number of aromatic nitrogens is 3. The summed E-state index contributed by atoms with van der Waals surface area (Å²) in [4.78, 5) is 49.1. The second-order valence-electron chi connectivity index (χ2n) is 5.39. The number of carbonyl (C=O) groups excluding carboxylic acids is 1. The molecule has 0 aliphatic rings. The minimum absolute atomic E-state index is 0.0314. The first kappa shape index (κ1) is 24.7. The first-order chi connectivity index (χ1) is 14.5. The molecule has 1 heterocycles. The standard InChI is InChI=1S/C18H25N3O9/c1-4-15(22)30-12-9-21-17(24)19(7-10-28-13-26-5-2)16(23)20(18(21)25)8-11-29-14-27-6-3/h4-6H,1-3,7-14H2. The minimum Gasteiger partial charge on any atom is -0.476 e. The van der Waals surface area contributed by atoms with Gasteiger partial charge in [-0.1, -0.05) is 19.7 Å². The molecule has 1 rings (SSSR count). The number of carbonyl (C=O) groups is 1. The van der Waals surface area contributed by atoms with Gasteiger partial charge in [-0.3, -0.25) is 0 Å². The van der Waals surface area contributed by atoms with Gasteiger partial charge in [0.15, 0.2) is 13.6 Å². The zero-order valence-electron chi connectivity index (χ0n) is 16.5. The second kappa shape index (κ2) is 13.7. The molecule has 0 spiro atoms. The van der Waals surface area contributed by atoms with Gasteiger partial charge in [-0.25, -0.2) is 32.9 Å². The Hall–Kier alpha value is -3.38. The Morgan fingerprint density at radius 1 is 0.733 bits per heavy atom. The van der Waals surface area contributed by atoms with Crippen molar-refractivity contribution < 1.29 is 28.5 Å². The van der Waals surface area contributed by atoms with Crippen LogP contribution in [0.15, 0.2) is 52.7 Å². The van der Waals surface area contributed by atoms with E-state index in [-0.39, 0.29) is 53.0 Å². The van der Waals surface area contributed by atoms with E-state index >= 15 is 0 Å². The monoisotopic (exact) mass is 427 g/mol.